The maximum absolute atomic E-state index is 13.1. The molecule has 0 aliphatic heterocycles. The third-order valence-electron chi connectivity index (χ3n) is 4.70. The molecule has 0 spiro atoms. The van der Waals surface area contributed by atoms with E-state index in [-0.39, 0.29) is 12.0 Å². The summed E-state index contributed by atoms with van der Waals surface area (Å²) in [7, 11) is 0. The molecule has 2 rings (SSSR count). The molecule has 0 saturated carbocycles. The average Bonchev–Trinajstić information content (AvgIpc) is 2.63. The Balaban J connectivity index is 2.29. The molecule has 0 radical (unpaired) electrons. The van der Waals surface area contributed by atoms with Crippen molar-refractivity contribution < 1.29 is 14.3 Å². The minimum atomic E-state index is -0.821. The number of hydrogen-bond donors (Lipinski definition) is 1. The summed E-state index contributed by atoms with van der Waals surface area (Å²) >= 11 is 0. The van der Waals surface area contributed by atoms with Gasteiger partial charge in [-0.15, -0.1) is 0 Å². The Morgan fingerprint density at radius 3 is 2.41 bits per heavy atom. The highest BCUT2D eigenvalue weighted by Crippen LogP contribution is 2.33. The minimum absolute atomic E-state index is 0.0914. The summed E-state index contributed by atoms with van der Waals surface area (Å²) in [4.78, 5) is 13.1. The van der Waals surface area contributed by atoms with E-state index in [1.807, 2.05) is 64.1 Å². The van der Waals surface area contributed by atoms with Gasteiger partial charge in [0.1, 0.15) is 11.4 Å². The number of anilines is 1. The Morgan fingerprint density at radius 2 is 1.78 bits per heavy atom. The second kappa shape index (κ2) is 9.75. The molecule has 2 aromatic carbocycles. The predicted molar refractivity (Wildman–Crippen MR) is 113 cm³/mol. The second-order valence-corrected chi connectivity index (χ2v) is 7.40. The second-order valence-electron chi connectivity index (χ2n) is 7.40. The molecule has 0 fully saturated rings. The van der Waals surface area contributed by atoms with Gasteiger partial charge in [0.05, 0.1) is 6.10 Å². The predicted octanol–water partition coefficient (Wildman–Crippen LogP) is 5.94. The van der Waals surface area contributed by atoms with Crippen LogP contribution in [0.1, 0.15) is 60.3 Å². The summed E-state index contributed by atoms with van der Waals surface area (Å²) in [6, 6.07) is 11.8. The van der Waals surface area contributed by atoms with E-state index in [9.17, 15) is 4.79 Å². The molecule has 0 heterocycles. The van der Waals surface area contributed by atoms with E-state index >= 15 is 0 Å². The van der Waals surface area contributed by atoms with Crippen LogP contribution in [0.2, 0.25) is 0 Å². The molecule has 1 amide bonds. The Hall–Kier alpha value is -2.07. The van der Waals surface area contributed by atoms with Crippen LogP contribution in [0.4, 0.5) is 5.69 Å². The maximum Gasteiger partial charge on any atom is 0.256 e. The van der Waals surface area contributed by atoms with E-state index < -0.39 is 5.60 Å². The number of carbonyl (C=O) groups excluding carboxylic acids is 1. The van der Waals surface area contributed by atoms with E-state index in [0.29, 0.717) is 13.0 Å². The highest BCUT2D eigenvalue weighted by molar-refractivity contribution is 6.06. The van der Waals surface area contributed by atoms with E-state index in [0.717, 1.165) is 41.5 Å². The summed E-state index contributed by atoms with van der Waals surface area (Å²) in [5, 5.41) is 5.06. The average molecular weight is 372 g/mol. The van der Waals surface area contributed by atoms with Gasteiger partial charge in [-0.25, -0.2) is 0 Å². The molecule has 148 valence electrons. The summed E-state index contributed by atoms with van der Waals surface area (Å²) < 4.78 is 11.8. The SMILES string of the molecule is CCCCC[C@@](C)(OCC)C(=O)Nc1ccc(OC(C)C)c2ccccc12. The van der Waals surface area contributed by atoms with Crippen LogP contribution in [0.15, 0.2) is 36.4 Å². The van der Waals surface area contributed by atoms with Crippen LogP contribution in [0.25, 0.3) is 10.8 Å². The van der Waals surface area contributed by atoms with Crippen molar-refractivity contribution in [2.75, 3.05) is 11.9 Å². The number of nitrogens with one attached hydrogen (secondary N) is 1. The normalized spacial score (nSPS) is 13.6. The zero-order chi connectivity index (χ0) is 19.9. The smallest absolute Gasteiger partial charge is 0.256 e. The number of hydrogen-bond acceptors (Lipinski definition) is 3. The van der Waals surface area contributed by atoms with Crippen LogP contribution in [-0.2, 0) is 9.53 Å². The fourth-order valence-electron chi connectivity index (χ4n) is 3.27. The van der Waals surface area contributed by atoms with Crippen molar-refractivity contribution in [3.05, 3.63) is 36.4 Å². The molecule has 27 heavy (non-hydrogen) atoms. The third-order valence-corrected chi connectivity index (χ3v) is 4.70. The number of fused-ring (bicyclic) bond motifs is 1. The van der Waals surface area contributed by atoms with Crippen LogP contribution in [-0.4, -0.2) is 24.2 Å². The van der Waals surface area contributed by atoms with E-state index in [1.165, 1.54) is 0 Å². The van der Waals surface area contributed by atoms with E-state index in [1.54, 1.807) is 0 Å². The number of ether oxygens (including phenoxy) is 2. The molecule has 0 bridgehead atoms. The number of unbranched alkanes of at least 4 members (excludes halogenated alkanes) is 2. The van der Waals surface area contributed by atoms with Crippen molar-refractivity contribution in [2.45, 2.75) is 72.0 Å². The van der Waals surface area contributed by atoms with Gasteiger partial charge < -0.3 is 14.8 Å². The minimum Gasteiger partial charge on any atom is -0.490 e. The topological polar surface area (TPSA) is 47.6 Å². The third kappa shape index (κ3) is 5.46. The number of amides is 1. The zero-order valence-electron chi connectivity index (χ0n) is 17.3. The molecule has 0 aliphatic rings. The highest BCUT2D eigenvalue weighted by atomic mass is 16.5. The molecular formula is C23H33NO3. The van der Waals surface area contributed by atoms with Gasteiger partial charge in [0.25, 0.3) is 5.91 Å². The van der Waals surface area contributed by atoms with Crippen LogP contribution in [0, 0.1) is 0 Å². The summed E-state index contributed by atoms with van der Waals surface area (Å²) in [5.41, 5.74) is -0.0360. The summed E-state index contributed by atoms with van der Waals surface area (Å²) in [6.45, 7) is 10.5. The molecule has 1 atom stereocenters. The monoisotopic (exact) mass is 371 g/mol. The first-order valence-corrected chi connectivity index (χ1v) is 10.0. The Morgan fingerprint density at radius 1 is 1.07 bits per heavy atom. The molecule has 1 N–H and O–H groups in total. The zero-order valence-corrected chi connectivity index (χ0v) is 17.3. The van der Waals surface area contributed by atoms with Crippen LogP contribution in [0.5, 0.6) is 5.75 Å². The molecular weight excluding hydrogens is 338 g/mol. The molecule has 0 saturated heterocycles. The van der Waals surface area contributed by atoms with Crippen LogP contribution < -0.4 is 10.1 Å². The molecule has 2 aromatic rings. The van der Waals surface area contributed by atoms with Gasteiger partial charge in [0, 0.05) is 23.1 Å². The standard InChI is InChI=1S/C23H33NO3/c1-6-8-11-16-23(5,26-7-2)22(25)24-20-14-15-21(27-17(3)4)19-13-10-9-12-18(19)20/h9-10,12-15,17H,6-8,11,16H2,1-5H3,(H,24,25)/t23-/m1/s1. The fourth-order valence-corrected chi connectivity index (χ4v) is 3.27. The Kier molecular flexibility index (Phi) is 7.66. The van der Waals surface area contributed by atoms with Gasteiger partial charge in [-0.3, -0.25) is 4.79 Å². The van der Waals surface area contributed by atoms with Crippen LogP contribution >= 0.6 is 0 Å². The van der Waals surface area contributed by atoms with Crippen molar-refractivity contribution in [2.24, 2.45) is 0 Å². The van der Waals surface area contributed by atoms with Crippen LogP contribution in [0.3, 0.4) is 0 Å². The molecule has 4 nitrogen and oxygen atoms in total. The highest BCUT2D eigenvalue weighted by Gasteiger charge is 2.33. The van der Waals surface area contributed by atoms with Crippen molar-refractivity contribution in [1.82, 2.24) is 0 Å². The fraction of sp³-hybridized carbons (Fsp3) is 0.522. The molecule has 0 aliphatic carbocycles. The van der Waals surface area contributed by atoms with Gasteiger partial charge in [-0.05, 0) is 46.2 Å². The summed E-state index contributed by atoms with van der Waals surface area (Å²) in [5.74, 6) is 0.734. The van der Waals surface area contributed by atoms with E-state index in [4.69, 9.17) is 9.47 Å². The molecule has 4 heteroatoms. The van der Waals surface area contributed by atoms with E-state index in [2.05, 4.69) is 12.2 Å². The van der Waals surface area contributed by atoms with Crippen molar-refractivity contribution in [3.63, 3.8) is 0 Å². The first-order valence-electron chi connectivity index (χ1n) is 10.0. The molecule has 0 aromatic heterocycles. The van der Waals surface area contributed by atoms with Gasteiger partial charge in [0.2, 0.25) is 0 Å². The maximum atomic E-state index is 13.1. The number of carbonyl (C=O) groups is 1. The number of benzene rings is 2. The van der Waals surface area contributed by atoms with Gasteiger partial charge in [-0.2, -0.15) is 0 Å². The van der Waals surface area contributed by atoms with Crippen molar-refractivity contribution >= 4 is 22.4 Å². The molecule has 0 unspecified atom stereocenters. The lowest BCUT2D eigenvalue weighted by Gasteiger charge is -2.28. The lowest BCUT2D eigenvalue weighted by Crippen LogP contribution is -2.42. The first kappa shape index (κ1) is 21.2. The first-order chi connectivity index (χ1) is 12.9. The lowest BCUT2D eigenvalue weighted by atomic mass is 9.96. The largest absolute Gasteiger partial charge is 0.490 e. The Labute approximate surface area is 163 Å². The van der Waals surface area contributed by atoms with Crippen molar-refractivity contribution in [3.8, 4) is 5.75 Å². The van der Waals surface area contributed by atoms with Gasteiger partial charge >= 0.3 is 0 Å². The van der Waals surface area contributed by atoms with Gasteiger partial charge in [0.15, 0.2) is 0 Å². The summed E-state index contributed by atoms with van der Waals surface area (Å²) in [6.07, 6.45) is 4.00. The van der Waals surface area contributed by atoms with Crippen molar-refractivity contribution in [1.29, 1.82) is 0 Å². The number of rotatable bonds is 10. The Bertz CT molecular complexity index is 756. The lowest BCUT2D eigenvalue weighted by molar-refractivity contribution is -0.139. The van der Waals surface area contributed by atoms with Gasteiger partial charge in [-0.1, -0.05) is 50.5 Å². The quantitative estimate of drug-likeness (QED) is 0.526.